The van der Waals surface area contributed by atoms with E-state index in [1.807, 2.05) is 24.3 Å². The molecule has 0 radical (unpaired) electrons. The molecule has 19 heavy (non-hydrogen) atoms. The number of hydrogen-bond donors (Lipinski definition) is 1. The molecule has 1 saturated heterocycles. The summed E-state index contributed by atoms with van der Waals surface area (Å²) >= 11 is 0. The van der Waals surface area contributed by atoms with E-state index in [2.05, 4.69) is 11.8 Å². The van der Waals surface area contributed by atoms with Gasteiger partial charge in [-0.05, 0) is 37.5 Å². The highest BCUT2D eigenvalue weighted by Gasteiger charge is 2.14. The maximum Gasteiger partial charge on any atom is 0.120 e. The summed E-state index contributed by atoms with van der Waals surface area (Å²) in [4.78, 5) is 0. The van der Waals surface area contributed by atoms with Crippen LogP contribution in [0.4, 0.5) is 0 Å². The third-order valence-electron chi connectivity index (χ3n) is 3.01. The van der Waals surface area contributed by atoms with Gasteiger partial charge in [0.1, 0.15) is 12.4 Å². The molecule has 0 amide bonds. The maximum absolute atomic E-state index is 8.69. The highest BCUT2D eigenvalue weighted by molar-refractivity contribution is 5.39. The van der Waals surface area contributed by atoms with Crippen LogP contribution >= 0.6 is 0 Å². The number of benzene rings is 1. The first-order valence-corrected chi connectivity index (χ1v) is 6.82. The Morgan fingerprint density at radius 1 is 1.37 bits per heavy atom. The Labute approximate surface area is 114 Å². The molecule has 1 aliphatic rings. The van der Waals surface area contributed by atoms with Crippen molar-refractivity contribution >= 4 is 0 Å². The van der Waals surface area contributed by atoms with Crippen molar-refractivity contribution < 1.29 is 14.6 Å². The van der Waals surface area contributed by atoms with Gasteiger partial charge in [-0.1, -0.05) is 17.9 Å². The SMILES string of the molecule is OCCC#Cc1cccc(OCC2CCCCO2)c1. The van der Waals surface area contributed by atoms with Crippen molar-refractivity contribution in [3.63, 3.8) is 0 Å². The highest BCUT2D eigenvalue weighted by Crippen LogP contribution is 2.17. The lowest BCUT2D eigenvalue weighted by Gasteiger charge is -2.22. The van der Waals surface area contributed by atoms with E-state index >= 15 is 0 Å². The summed E-state index contributed by atoms with van der Waals surface area (Å²) in [6.07, 6.45) is 4.18. The molecule has 1 aromatic carbocycles. The van der Waals surface area contributed by atoms with Crippen LogP contribution in [0.3, 0.4) is 0 Å². The van der Waals surface area contributed by atoms with Crippen molar-refractivity contribution in [3.8, 4) is 17.6 Å². The molecule has 1 atom stereocenters. The summed E-state index contributed by atoms with van der Waals surface area (Å²) in [5, 5.41) is 8.69. The lowest BCUT2D eigenvalue weighted by atomic mass is 10.1. The Morgan fingerprint density at radius 3 is 3.11 bits per heavy atom. The lowest BCUT2D eigenvalue weighted by Crippen LogP contribution is -2.25. The fourth-order valence-electron chi connectivity index (χ4n) is 2.01. The predicted octanol–water partition coefficient (Wildman–Crippen LogP) is 2.37. The number of ether oxygens (including phenoxy) is 2. The van der Waals surface area contributed by atoms with Crippen LogP contribution in [0.25, 0.3) is 0 Å². The molecule has 1 fully saturated rings. The van der Waals surface area contributed by atoms with Crippen molar-refractivity contribution in [2.24, 2.45) is 0 Å². The molecule has 3 heteroatoms. The van der Waals surface area contributed by atoms with Gasteiger partial charge in [0.05, 0.1) is 12.7 Å². The fraction of sp³-hybridized carbons (Fsp3) is 0.500. The molecule has 0 saturated carbocycles. The average molecular weight is 260 g/mol. The van der Waals surface area contributed by atoms with E-state index in [1.54, 1.807) is 0 Å². The first-order chi connectivity index (χ1) is 9.38. The van der Waals surface area contributed by atoms with E-state index < -0.39 is 0 Å². The van der Waals surface area contributed by atoms with Crippen LogP contribution in [0, 0.1) is 11.8 Å². The van der Waals surface area contributed by atoms with Gasteiger partial charge in [0.2, 0.25) is 0 Å². The lowest BCUT2D eigenvalue weighted by molar-refractivity contribution is -0.0110. The van der Waals surface area contributed by atoms with Gasteiger partial charge in [-0.3, -0.25) is 0 Å². The van der Waals surface area contributed by atoms with Crippen molar-refractivity contribution in [3.05, 3.63) is 29.8 Å². The van der Waals surface area contributed by atoms with Gasteiger partial charge in [0.15, 0.2) is 0 Å². The zero-order valence-electron chi connectivity index (χ0n) is 11.1. The molecule has 102 valence electrons. The van der Waals surface area contributed by atoms with Crippen LogP contribution in [0.2, 0.25) is 0 Å². The number of rotatable bonds is 4. The summed E-state index contributed by atoms with van der Waals surface area (Å²) in [5.41, 5.74) is 0.913. The van der Waals surface area contributed by atoms with Gasteiger partial charge >= 0.3 is 0 Å². The van der Waals surface area contributed by atoms with Crippen LogP contribution < -0.4 is 4.74 Å². The van der Waals surface area contributed by atoms with Crippen molar-refractivity contribution in [1.29, 1.82) is 0 Å². The number of aliphatic hydroxyl groups is 1. The average Bonchev–Trinajstić information content (AvgIpc) is 2.47. The maximum atomic E-state index is 8.69. The normalized spacial score (nSPS) is 18.5. The molecule has 0 spiro atoms. The van der Waals surface area contributed by atoms with E-state index in [9.17, 15) is 0 Å². The van der Waals surface area contributed by atoms with Crippen molar-refractivity contribution in [2.45, 2.75) is 31.8 Å². The first kappa shape index (κ1) is 13.9. The molecule has 1 aromatic rings. The molecule has 0 aliphatic carbocycles. The third kappa shape index (κ3) is 4.94. The Bertz CT molecular complexity index is 439. The number of aliphatic hydroxyl groups excluding tert-OH is 1. The summed E-state index contributed by atoms with van der Waals surface area (Å²) in [6, 6.07) is 7.72. The van der Waals surface area contributed by atoms with Crippen LogP contribution in [0.15, 0.2) is 24.3 Å². The minimum Gasteiger partial charge on any atom is -0.491 e. The largest absolute Gasteiger partial charge is 0.491 e. The molecule has 1 unspecified atom stereocenters. The monoisotopic (exact) mass is 260 g/mol. The van der Waals surface area contributed by atoms with Gasteiger partial charge in [-0.2, -0.15) is 0 Å². The topological polar surface area (TPSA) is 38.7 Å². The first-order valence-electron chi connectivity index (χ1n) is 6.82. The molecule has 1 N–H and O–H groups in total. The number of hydrogen-bond acceptors (Lipinski definition) is 3. The zero-order chi connectivity index (χ0) is 13.3. The third-order valence-corrected chi connectivity index (χ3v) is 3.01. The van der Waals surface area contributed by atoms with Crippen LogP contribution in [0.1, 0.15) is 31.2 Å². The second kappa shape index (κ2) is 7.83. The minimum atomic E-state index is 0.0994. The minimum absolute atomic E-state index is 0.0994. The molecule has 0 aromatic heterocycles. The van der Waals surface area contributed by atoms with E-state index in [1.165, 1.54) is 6.42 Å². The molecule has 1 heterocycles. The van der Waals surface area contributed by atoms with Gasteiger partial charge < -0.3 is 14.6 Å². The van der Waals surface area contributed by atoms with Gasteiger partial charge in [-0.25, -0.2) is 0 Å². The van der Waals surface area contributed by atoms with Gasteiger partial charge in [0.25, 0.3) is 0 Å². The molecule has 0 bridgehead atoms. The van der Waals surface area contributed by atoms with E-state index in [4.69, 9.17) is 14.6 Å². The van der Waals surface area contributed by atoms with Crippen LogP contribution in [0.5, 0.6) is 5.75 Å². The standard InChI is InChI=1S/C16H20O3/c17-10-3-1-6-14-7-5-9-15(12-14)19-13-16-8-2-4-11-18-16/h5,7,9,12,16-17H,2-4,8,10-11,13H2. The van der Waals surface area contributed by atoms with Crippen LogP contribution in [-0.2, 0) is 4.74 Å². The van der Waals surface area contributed by atoms with Gasteiger partial charge in [0, 0.05) is 18.6 Å². The zero-order valence-corrected chi connectivity index (χ0v) is 11.1. The second-order valence-corrected chi connectivity index (χ2v) is 4.60. The summed E-state index contributed by atoms with van der Waals surface area (Å²) < 4.78 is 11.4. The second-order valence-electron chi connectivity index (χ2n) is 4.60. The molecular weight excluding hydrogens is 240 g/mol. The molecular formula is C16H20O3. The highest BCUT2D eigenvalue weighted by atomic mass is 16.5. The summed E-state index contributed by atoms with van der Waals surface area (Å²) in [6.45, 7) is 1.55. The van der Waals surface area contributed by atoms with E-state index in [0.717, 1.165) is 30.8 Å². The van der Waals surface area contributed by atoms with Crippen molar-refractivity contribution in [1.82, 2.24) is 0 Å². The molecule has 2 rings (SSSR count). The molecule has 1 aliphatic heterocycles. The summed E-state index contributed by atoms with van der Waals surface area (Å²) in [7, 11) is 0. The van der Waals surface area contributed by atoms with E-state index in [-0.39, 0.29) is 12.7 Å². The molecule has 3 nitrogen and oxygen atoms in total. The Balaban J connectivity index is 1.86. The van der Waals surface area contributed by atoms with Crippen molar-refractivity contribution in [2.75, 3.05) is 19.8 Å². The van der Waals surface area contributed by atoms with E-state index in [0.29, 0.717) is 13.0 Å². The van der Waals surface area contributed by atoms with Gasteiger partial charge in [-0.15, -0.1) is 0 Å². The quantitative estimate of drug-likeness (QED) is 0.845. The Morgan fingerprint density at radius 2 is 2.32 bits per heavy atom. The Hall–Kier alpha value is -1.50. The predicted molar refractivity (Wildman–Crippen MR) is 74.1 cm³/mol. The van der Waals surface area contributed by atoms with Crippen LogP contribution in [-0.4, -0.2) is 31.0 Å². The smallest absolute Gasteiger partial charge is 0.120 e. The fourth-order valence-corrected chi connectivity index (χ4v) is 2.01. The summed E-state index contributed by atoms with van der Waals surface area (Å²) in [5.74, 6) is 6.73. The Kier molecular flexibility index (Phi) is 5.74.